The van der Waals surface area contributed by atoms with Gasteiger partial charge in [0.15, 0.2) is 0 Å². The van der Waals surface area contributed by atoms with Gasteiger partial charge < -0.3 is 15.8 Å². The number of aromatic nitrogens is 2. The van der Waals surface area contributed by atoms with Crippen LogP contribution in [0, 0.1) is 17.0 Å². The topological polar surface area (TPSA) is 87.0 Å². The number of nitro groups is 1. The molecular weight excluding hydrogens is 208 g/mol. The van der Waals surface area contributed by atoms with Crippen LogP contribution < -0.4 is 5.73 Å². The van der Waals surface area contributed by atoms with Crippen molar-refractivity contribution in [1.29, 1.82) is 0 Å². The Labute approximate surface area is 93.6 Å². The third-order valence-electron chi connectivity index (χ3n) is 3.18. The van der Waals surface area contributed by atoms with E-state index in [9.17, 15) is 10.1 Å². The van der Waals surface area contributed by atoms with Crippen molar-refractivity contribution in [2.24, 2.45) is 5.73 Å². The highest BCUT2D eigenvalue weighted by Crippen LogP contribution is 2.28. The van der Waals surface area contributed by atoms with Crippen molar-refractivity contribution in [2.45, 2.75) is 44.7 Å². The molecule has 2 rings (SSSR count). The highest BCUT2D eigenvalue weighted by atomic mass is 16.6. The Hall–Kier alpha value is -1.43. The minimum absolute atomic E-state index is 0.0325. The molecule has 1 aromatic heterocycles. The molecule has 0 aliphatic heterocycles. The molecule has 1 aromatic rings. The second-order valence-electron chi connectivity index (χ2n) is 4.44. The molecule has 1 heterocycles. The Morgan fingerprint density at radius 1 is 1.50 bits per heavy atom. The summed E-state index contributed by atoms with van der Waals surface area (Å²) in [6.45, 7) is 1.72. The maximum atomic E-state index is 10.7. The minimum atomic E-state index is -0.430. The van der Waals surface area contributed by atoms with Crippen LogP contribution in [-0.2, 0) is 0 Å². The van der Waals surface area contributed by atoms with Gasteiger partial charge in [0, 0.05) is 6.04 Å². The normalized spacial score (nSPS) is 25.6. The summed E-state index contributed by atoms with van der Waals surface area (Å²) in [7, 11) is 0. The molecule has 0 saturated heterocycles. The molecule has 1 fully saturated rings. The molecule has 88 valence electrons. The quantitative estimate of drug-likeness (QED) is 0.609. The highest BCUT2D eigenvalue weighted by Gasteiger charge is 2.26. The molecular formula is C10H16N4O2. The van der Waals surface area contributed by atoms with E-state index in [1.54, 1.807) is 17.8 Å². The average molecular weight is 224 g/mol. The summed E-state index contributed by atoms with van der Waals surface area (Å²) in [4.78, 5) is 10.2. The van der Waals surface area contributed by atoms with Crippen molar-refractivity contribution in [3.05, 3.63) is 21.9 Å². The summed E-state index contributed by atoms with van der Waals surface area (Å²) in [6.07, 6.45) is 5.62. The first kappa shape index (κ1) is 11.1. The summed E-state index contributed by atoms with van der Waals surface area (Å²) in [6, 6.07) is 0.551. The van der Waals surface area contributed by atoms with E-state index in [1.165, 1.54) is 0 Å². The van der Waals surface area contributed by atoms with Gasteiger partial charge in [0.05, 0.1) is 22.9 Å². The van der Waals surface area contributed by atoms with Crippen molar-refractivity contribution in [3.63, 3.8) is 0 Å². The molecule has 6 heteroatoms. The second-order valence-corrected chi connectivity index (χ2v) is 4.44. The number of hydrogen-bond acceptors (Lipinski definition) is 4. The van der Waals surface area contributed by atoms with Gasteiger partial charge in [-0.15, -0.1) is 0 Å². The van der Waals surface area contributed by atoms with Crippen LogP contribution in [0.25, 0.3) is 0 Å². The van der Waals surface area contributed by atoms with Gasteiger partial charge in [0.25, 0.3) is 0 Å². The van der Waals surface area contributed by atoms with Crippen LogP contribution in [0.1, 0.15) is 37.3 Å². The molecule has 2 N–H and O–H groups in total. The molecule has 1 saturated carbocycles. The van der Waals surface area contributed by atoms with Crippen molar-refractivity contribution in [2.75, 3.05) is 0 Å². The number of nitrogens with two attached hydrogens (primary N) is 1. The third-order valence-corrected chi connectivity index (χ3v) is 3.18. The van der Waals surface area contributed by atoms with E-state index in [2.05, 4.69) is 5.10 Å². The molecule has 6 nitrogen and oxygen atoms in total. The fourth-order valence-electron chi connectivity index (χ4n) is 2.21. The third kappa shape index (κ3) is 2.06. The molecule has 0 unspecified atom stereocenters. The van der Waals surface area contributed by atoms with Crippen molar-refractivity contribution >= 4 is 5.82 Å². The van der Waals surface area contributed by atoms with Gasteiger partial charge in [-0.3, -0.25) is 0 Å². The molecule has 0 amide bonds. The van der Waals surface area contributed by atoms with Crippen LogP contribution in [0.4, 0.5) is 5.82 Å². The zero-order valence-corrected chi connectivity index (χ0v) is 9.30. The second kappa shape index (κ2) is 4.21. The summed E-state index contributed by atoms with van der Waals surface area (Å²) in [5, 5.41) is 14.7. The standard InChI is InChI=1S/C10H16N4O2/c1-7-6-13(12-10(7)14(15)16)9-4-2-8(11)3-5-9/h6,8-9H,2-5,11H2,1H3. The van der Waals surface area contributed by atoms with Crippen molar-refractivity contribution in [1.82, 2.24) is 9.78 Å². The molecule has 1 aliphatic rings. The van der Waals surface area contributed by atoms with E-state index in [1.807, 2.05) is 0 Å². The molecule has 0 spiro atoms. The number of nitrogens with zero attached hydrogens (tertiary/aromatic N) is 3. The Kier molecular flexibility index (Phi) is 2.91. The van der Waals surface area contributed by atoms with Gasteiger partial charge in [-0.25, -0.2) is 0 Å². The lowest BCUT2D eigenvalue weighted by Crippen LogP contribution is -2.28. The Morgan fingerprint density at radius 2 is 2.12 bits per heavy atom. The zero-order valence-electron chi connectivity index (χ0n) is 9.30. The summed E-state index contributed by atoms with van der Waals surface area (Å²) in [5.74, 6) is -0.0325. The Balaban J connectivity index is 2.15. The number of hydrogen-bond donors (Lipinski definition) is 1. The van der Waals surface area contributed by atoms with Crippen molar-refractivity contribution in [3.8, 4) is 0 Å². The predicted octanol–water partition coefficient (Wildman–Crippen LogP) is 1.54. The summed E-state index contributed by atoms with van der Waals surface area (Å²) >= 11 is 0. The molecule has 0 radical (unpaired) electrons. The van der Waals surface area contributed by atoms with E-state index in [-0.39, 0.29) is 17.9 Å². The van der Waals surface area contributed by atoms with E-state index in [0.717, 1.165) is 25.7 Å². The smallest absolute Gasteiger partial charge is 0.358 e. The Morgan fingerprint density at radius 3 is 2.62 bits per heavy atom. The van der Waals surface area contributed by atoms with Crippen molar-refractivity contribution < 1.29 is 4.92 Å². The van der Waals surface area contributed by atoms with Crippen LogP contribution in [0.15, 0.2) is 6.20 Å². The number of aryl methyl sites for hydroxylation is 1. The van der Waals surface area contributed by atoms with Crippen LogP contribution in [0.2, 0.25) is 0 Å². The molecule has 0 bridgehead atoms. The van der Waals surface area contributed by atoms with Gasteiger partial charge in [-0.1, -0.05) is 0 Å². The maximum absolute atomic E-state index is 10.7. The van der Waals surface area contributed by atoms with E-state index < -0.39 is 4.92 Å². The monoisotopic (exact) mass is 224 g/mol. The molecule has 16 heavy (non-hydrogen) atoms. The van der Waals surface area contributed by atoms with Crippen LogP contribution >= 0.6 is 0 Å². The fourth-order valence-corrected chi connectivity index (χ4v) is 2.21. The molecule has 1 aliphatic carbocycles. The SMILES string of the molecule is Cc1cn(C2CCC(N)CC2)nc1[N+](=O)[O-]. The molecule has 0 aromatic carbocycles. The van der Waals surface area contributed by atoms with E-state index in [4.69, 9.17) is 5.73 Å². The largest absolute Gasteiger partial charge is 0.392 e. The van der Waals surface area contributed by atoms with Crippen LogP contribution in [0.3, 0.4) is 0 Å². The first-order chi connectivity index (χ1) is 7.58. The summed E-state index contributed by atoms with van der Waals surface area (Å²) in [5.41, 5.74) is 6.45. The predicted molar refractivity (Wildman–Crippen MR) is 59.1 cm³/mol. The first-order valence-electron chi connectivity index (χ1n) is 5.53. The van der Waals surface area contributed by atoms with Gasteiger partial charge in [-0.05, 0) is 37.5 Å². The zero-order chi connectivity index (χ0) is 11.7. The van der Waals surface area contributed by atoms with Gasteiger partial charge in [0.2, 0.25) is 0 Å². The molecule has 0 atom stereocenters. The van der Waals surface area contributed by atoms with Gasteiger partial charge >= 0.3 is 5.82 Å². The maximum Gasteiger partial charge on any atom is 0.392 e. The highest BCUT2D eigenvalue weighted by molar-refractivity contribution is 5.28. The lowest BCUT2D eigenvalue weighted by Gasteiger charge is -2.24. The summed E-state index contributed by atoms with van der Waals surface area (Å²) < 4.78 is 1.74. The van der Waals surface area contributed by atoms with Gasteiger partial charge in [-0.2, -0.15) is 4.68 Å². The average Bonchev–Trinajstić information content (AvgIpc) is 2.61. The first-order valence-corrected chi connectivity index (χ1v) is 5.53. The minimum Gasteiger partial charge on any atom is -0.358 e. The van der Waals surface area contributed by atoms with Crippen LogP contribution in [0.5, 0.6) is 0 Å². The lowest BCUT2D eigenvalue weighted by atomic mass is 9.92. The van der Waals surface area contributed by atoms with Crippen LogP contribution in [-0.4, -0.2) is 20.7 Å². The van der Waals surface area contributed by atoms with E-state index in [0.29, 0.717) is 5.56 Å². The lowest BCUT2D eigenvalue weighted by molar-refractivity contribution is -0.390. The fraction of sp³-hybridized carbons (Fsp3) is 0.700. The number of rotatable bonds is 2. The Bertz CT molecular complexity index is 394. The van der Waals surface area contributed by atoms with Gasteiger partial charge in [0.1, 0.15) is 0 Å². The van der Waals surface area contributed by atoms with E-state index >= 15 is 0 Å².